The SMILES string of the molecule is Cc1ccc(C(=O)Nc2cc(N3CCN(c4ccccc4)CC3)ncn2)cc1. The van der Waals surface area contributed by atoms with Gasteiger partial charge in [0.2, 0.25) is 0 Å². The van der Waals surface area contributed by atoms with Gasteiger partial charge in [0.25, 0.3) is 5.91 Å². The first-order valence-corrected chi connectivity index (χ1v) is 9.44. The lowest BCUT2D eigenvalue weighted by Gasteiger charge is -2.36. The maximum atomic E-state index is 12.4. The van der Waals surface area contributed by atoms with Gasteiger partial charge in [-0.25, -0.2) is 9.97 Å². The number of nitrogens with one attached hydrogen (secondary N) is 1. The molecule has 1 fully saturated rings. The van der Waals surface area contributed by atoms with Gasteiger partial charge < -0.3 is 15.1 Å². The Morgan fingerprint density at radius 3 is 2.29 bits per heavy atom. The van der Waals surface area contributed by atoms with Crippen LogP contribution in [-0.4, -0.2) is 42.1 Å². The Kier molecular flexibility index (Phi) is 5.19. The number of carbonyl (C=O) groups excluding carboxylic acids is 1. The number of aromatic nitrogens is 2. The van der Waals surface area contributed by atoms with Gasteiger partial charge in [0, 0.05) is 43.5 Å². The number of aryl methyl sites for hydroxylation is 1. The molecule has 4 rings (SSSR count). The lowest BCUT2D eigenvalue weighted by atomic mass is 10.1. The molecule has 0 saturated carbocycles. The second-order valence-electron chi connectivity index (χ2n) is 6.89. The zero-order valence-electron chi connectivity index (χ0n) is 15.9. The molecule has 0 aliphatic carbocycles. The highest BCUT2D eigenvalue weighted by atomic mass is 16.1. The zero-order chi connectivity index (χ0) is 19.3. The Labute approximate surface area is 164 Å². The molecule has 1 saturated heterocycles. The Bertz CT molecular complexity index is 935. The number of carbonyl (C=O) groups is 1. The van der Waals surface area contributed by atoms with Crippen molar-refractivity contribution in [2.75, 3.05) is 41.3 Å². The van der Waals surface area contributed by atoms with Crippen molar-refractivity contribution in [3.63, 3.8) is 0 Å². The van der Waals surface area contributed by atoms with Gasteiger partial charge in [-0.3, -0.25) is 4.79 Å². The molecule has 6 heteroatoms. The zero-order valence-corrected chi connectivity index (χ0v) is 15.9. The standard InChI is InChI=1S/C22H23N5O/c1-17-7-9-18(10-8-17)22(28)25-20-15-21(24-16-23-20)27-13-11-26(12-14-27)19-5-3-2-4-6-19/h2-10,15-16H,11-14H2,1H3,(H,23,24,25,28). The van der Waals surface area contributed by atoms with Crippen LogP contribution >= 0.6 is 0 Å². The molecule has 1 aromatic heterocycles. The van der Waals surface area contributed by atoms with E-state index in [0.717, 1.165) is 37.6 Å². The molecule has 142 valence electrons. The van der Waals surface area contributed by atoms with Gasteiger partial charge in [0.15, 0.2) is 0 Å². The maximum Gasteiger partial charge on any atom is 0.256 e. The monoisotopic (exact) mass is 373 g/mol. The summed E-state index contributed by atoms with van der Waals surface area (Å²) in [6.45, 7) is 5.60. The predicted octanol–water partition coefficient (Wildman–Crippen LogP) is 3.36. The normalized spacial score (nSPS) is 14.0. The van der Waals surface area contributed by atoms with Gasteiger partial charge >= 0.3 is 0 Å². The van der Waals surface area contributed by atoms with Crippen LogP contribution in [0.2, 0.25) is 0 Å². The van der Waals surface area contributed by atoms with E-state index in [0.29, 0.717) is 11.4 Å². The van der Waals surface area contributed by atoms with Crippen LogP contribution < -0.4 is 15.1 Å². The van der Waals surface area contributed by atoms with E-state index in [2.05, 4.69) is 49.4 Å². The van der Waals surface area contributed by atoms with Crippen LogP contribution in [0.3, 0.4) is 0 Å². The van der Waals surface area contributed by atoms with Gasteiger partial charge in [-0.15, -0.1) is 0 Å². The third-order valence-corrected chi connectivity index (χ3v) is 4.93. The predicted molar refractivity (Wildman–Crippen MR) is 112 cm³/mol. The highest BCUT2D eigenvalue weighted by Crippen LogP contribution is 2.20. The van der Waals surface area contributed by atoms with E-state index in [4.69, 9.17) is 0 Å². The molecule has 3 aromatic rings. The van der Waals surface area contributed by atoms with Crippen molar-refractivity contribution < 1.29 is 4.79 Å². The molecule has 0 radical (unpaired) electrons. The highest BCUT2D eigenvalue weighted by Gasteiger charge is 2.19. The number of nitrogens with zero attached hydrogens (tertiary/aromatic N) is 4. The summed E-state index contributed by atoms with van der Waals surface area (Å²) < 4.78 is 0. The Morgan fingerprint density at radius 2 is 1.57 bits per heavy atom. The number of benzene rings is 2. The lowest BCUT2D eigenvalue weighted by molar-refractivity contribution is 0.102. The minimum atomic E-state index is -0.168. The second-order valence-corrected chi connectivity index (χ2v) is 6.89. The largest absolute Gasteiger partial charge is 0.368 e. The van der Waals surface area contributed by atoms with Gasteiger partial charge in [0.1, 0.15) is 18.0 Å². The fraction of sp³-hybridized carbons (Fsp3) is 0.227. The van der Waals surface area contributed by atoms with E-state index in [9.17, 15) is 4.79 Å². The van der Waals surface area contributed by atoms with E-state index >= 15 is 0 Å². The number of anilines is 3. The van der Waals surface area contributed by atoms with Gasteiger partial charge in [-0.1, -0.05) is 35.9 Å². The molecule has 1 aliphatic rings. The van der Waals surface area contributed by atoms with E-state index in [-0.39, 0.29) is 5.91 Å². The van der Waals surface area contributed by atoms with Crippen molar-refractivity contribution in [2.24, 2.45) is 0 Å². The van der Waals surface area contributed by atoms with Gasteiger partial charge in [-0.05, 0) is 31.2 Å². The molecule has 6 nitrogen and oxygen atoms in total. The molecule has 2 heterocycles. The summed E-state index contributed by atoms with van der Waals surface area (Å²) in [6, 6.07) is 19.8. The van der Waals surface area contributed by atoms with Crippen molar-refractivity contribution in [1.29, 1.82) is 0 Å². The summed E-state index contributed by atoms with van der Waals surface area (Å²) >= 11 is 0. The summed E-state index contributed by atoms with van der Waals surface area (Å²) in [7, 11) is 0. The number of para-hydroxylation sites is 1. The third-order valence-electron chi connectivity index (χ3n) is 4.93. The van der Waals surface area contributed by atoms with Crippen molar-refractivity contribution in [1.82, 2.24) is 9.97 Å². The fourth-order valence-electron chi connectivity index (χ4n) is 3.31. The summed E-state index contributed by atoms with van der Waals surface area (Å²) in [4.78, 5) is 25.6. The average Bonchev–Trinajstić information content (AvgIpc) is 2.75. The van der Waals surface area contributed by atoms with Crippen LogP contribution in [-0.2, 0) is 0 Å². The molecule has 0 bridgehead atoms. The van der Waals surface area contributed by atoms with E-state index in [1.54, 1.807) is 0 Å². The third kappa shape index (κ3) is 4.11. The van der Waals surface area contributed by atoms with Crippen LogP contribution in [0, 0.1) is 6.92 Å². The summed E-state index contributed by atoms with van der Waals surface area (Å²) in [5.41, 5.74) is 2.98. The van der Waals surface area contributed by atoms with Crippen molar-refractivity contribution in [3.8, 4) is 0 Å². The topological polar surface area (TPSA) is 61.4 Å². The molecular formula is C22H23N5O. The molecule has 0 spiro atoms. The molecule has 28 heavy (non-hydrogen) atoms. The molecule has 1 N–H and O–H groups in total. The van der Waals surface area contributed by atoms with Gasteiger partial charge in [-0.2, -0.15) is 0 Å². The first kappa shape index (κ1) is 18.0. The number of hydrogen-bond donors (Lipinski definition) is 1. The minimum absolute atomic E-state index is 0.168. The number of amides is 1. The second kappa shape index (κ2) is 8.08. The summed E-state index contributed by atoms with van der Waals surface area (Å²) in [6.07, 6.45) is 1.50. The molecular weight excluding hydrogens is 350 g/mol. The molecule has 2 aromatic carbocycles. The Balaban J connectivity index is 1.40. The highest BCUT2D eigenvalue weighted by molar-refractivity contribution is 6.03. The van der Waals surface area contributed by atoms with E-state index < -0.39 is 0 Å². The quantitative estimate of drug-likeness (QED) is 0.760. The van der Waals surface area contributed by atoms with Crippen LogP contribution in [0.25, 0.3) is 0 Å². The smallest absolute Gasteiger partial charge is 0.256 e. The number of rotatable bonds is 4. The number of piperazine rings is 1. The Morgan fingerprint density at radius 1 is 0.893 bits per heavy atom. The van der Waals surface area contributed by atoms with Crippen LogP contribution in [0.5, 0.6) is 0 Å². The first-order valence-electron chi connectivity index (χ1n) is 9.44. The van der Waals surface area contributed by atoms with E-state index in [1.807, 2.05) is 43.3 Å². The van der Waals surface area contributed by atoms with Crippen LogP contribution in [0.1, 0.15) is 15.9 Å². The van der Waals surface area contributed by atoms with Gasteiger partial charge in [0.05, 0.1) is 0 Å². The number of hydrogen-bond acceptors (Lipinski definition) is 5. The molecule has 1 amide bonds. The Hall–Kier alpha value is -3.41. The van der Waals surface area contributed by atoms with Crippen molar-refractivity contribution >= 4 is 23.2 Å². The van der Waals surface area contributed by atoms with Crippen LogP contribution in [0.4, 0.5) is 17.3 Å². The minimum Gasteiger partial charge on any atom is -0.368 e. The molecule has 0 atom stereocenters. The van der Waals surface area contributed by atoms with Crippen molar-refractivity contribution in [2.45, 2.75) is 6.92 Å². The first-order chi connectivity index (χ1) is 13.7. The fourth-order valence-corrected chi connectivity index (χ4v) is 3.31. The van der Waals surface area contributed by atoms with Crippen molar-refractivity contribution in [3.05, 3.63) is 78.1 Å². The maximum absolute atomic E-state index is 12.4. The molecule has 0 unspecified atom stereocenters. The summed E-state index contributed by atoms with van der Waals surface area (Å²) in [5, 5.41) is 2.86. The average molecular weight is 373 g/mol. The molecule has 1 aliphatic heterocycles. The lowest BCUT2D eigenvalue weighted by Crippen LogP contribution is -2.46. The van der Waals surface area contributed by atoms with Crippen LogP contribution in [0.15, 0.2) is 67.0 Å². The van der Waals surface area contributed by atoms with E-state index in [1.165, 1.54) is 12.0 Å². The summed E-state index contributed by atoms with van der Waals surface area (Å²) in [5.74, 6) is 1.18.